The fourth-order valence-corrected chi connectivity index (χ4v) is 2.11. The van der Waals surface area contributed by atoms with Gasteiger partial charge in [-0.1, -0.05) is 36.4 Å². The van der Waals surface area contributed by atoms with Gasteiger partial charge in [-0.2, -0.15) is 0 Å². The Balaban J connectivity index is 0.000000557. The lowest BCUT2D eigenvalue weighted by molar-refractivity contribution is -0.138. The van der Waals surface area contributed by atoms with Crippen molar-refractivity contribution < 1.29 is 33.4 Å². The van der Waals surface area contributed by atoms with E-state index < -0.39 is 24.0 Å². The molecule has 0 aliphatic heterocycles. The van der Waals surface area contributed by atoms with Crippen molar-refractivity contribution in [2.45, 2.75) is 39.8 Å². The lowest BCUT2D eigenvalue weighted by Crippen LogP contribution is -2.39. The van der Waals surface area contributed by atoms with Gasteiger partial charge in [-0.15, -0.1) is 0 Å². The minimum absolute atomic E-state index is 0.257. The number of carbonyl (C=O) groups excluding carboxylic acids is 5. The van der Waals surface area contributed by atoms with Crippen molar-refractivity contribution >= 4 is 30.5 Å². The van der Waals surface area contributed by atoms with Gasteiger partial charge < -0.3 is 24.9 Å². The summed E-state index contributed by atoms with van der Waals surface area (Å²) in [6.45, 7) is 7.86. The number of hydrogen-bond donors (Lipinski definition) is 2. The standard InChI is InChI=1S/2C11H13NO3.CH2O/c2*1-8(12-9(2)13)11(14)15-10-6-4-3-5-7-10;1-2/h2*3-8H,1-2H3,(H,12,13);1H2/t2*8-;/m00./s1. The number of nitrogens with one attached hydrogen (secondary N) is 2. The van der Waals surface area contributed by atoms with Crippen molar-refractivity contribution in [1.29, 1.82) is 0 Å². The van der Waals surface area contributed by atoms with Gasteiger partial charge in [0.2, 0.25) is 11.8 Å². The van der Waals surface area contributed by atoms with Gasteiger partial charge in [0.05, 0.1) is 0 Å². The molecule has 2 aromatic rings. The Morgan fingerprint density at radius 3 is 1.19 bits per heavy atom. The second-order valence-electron chi connectivity index (χ2n) is 6.31. The molecule has 0 saturated carbocycles. The van der Waals surface area contributed by atoms with E-state index in [4.69, 9.17) is 14.3 Å². The van der Waals surface area contributed by atoms with Gasteiger partial charge in [-0.3, -0.25) is 9.59 Å². The van der Waals surface area contributed by atoms with Gasteiger partial charge >= 0.3 is 11.9 Å². The molecule has 2 N–H and O–H groups in total. The molecule has 0 heterocycles. The number of amides is 2. The zero-order valence-electron chi connectivity index (χ0n) is 18.5. The minimum Gasteiger partial charge on any atom is -0.425 e. The van der Waals surface area contributed by atoms with Crippen LogP contribution in [0.15, 0.2) is 60.7 Å². The van der Waals surface area contributed by atoms with Crippen molar-refractivity contribution in [2.75, 3.05) is 0 Å². The highest BCUT2D eigenvalue weighted by Crippen LogP contribution is 2.10. The summed E-state index contributed by atoms with van der Waals surface area (Å²) in [7, 11) is 0. The molecule has 0 radical (unpaired) electrons. The molecule has 0 spiro atoms. The van der Waals surface area contributed by atoms with E-state index in [2.05, 4.69) is 10.6 Å². The van der Waals surface area contributed by atoms with Gasteiger partial charge in [0.15, 0.2) is 0 Å². The number of rotatable bonds is 6. The number of carbonyl (C=O) groups is 5. The Labute approximate surface area is 187 Å². The van der Waals surface area contributed by atoms with Crippen LogP contribution in [0.4, 0.5) is 0 Å². The maximum atomic E-state index is 11.4. The van der Waals surface area contributed by atoms with E-state index in [9.17, 15) is 19.2 Å². The molecule has 0 aromatic heterocycles. The van der Waals surface area contributed by atoms with E-state index in [1.807, 2.05) is 18.9 Å². The van der Waals surface area contributed by atoms with Gasteiger partial charge in [-0.05, 0) is 38.1 Å². The number of para-hydroxylation sites is 2. The Morgan fingerprint density at radius 2 is 0.938 bits per heavy atom. The third-order valence-corrected chi connectivity index (χ3v) is 3.47. The van der Waals surface area contributed by atoms with Crippen LogP contribution in [-0.4, -0.2) is 42.6 Å². The smallest absolute Gasteiger partial charge is 0.333 e. The van der Waals surface area contributed by atoms with E-state index in [0.717, 1.165) is 0 Å². The number of ether oxygens (including phenoxy) is 2. The van der Waals surface area contributed by atoms with E-state index in [0.29, 0.717) is 11.5 Å². The fourth-order valence-electron chi connectivity index (χ4n) is 2.11. The molecule has 9 heteroatoms. The van der Waals surface area contributed by atoms with Crippen LogP contribution in [0.2, 0.25) is 0 Å². The maximum absolute atomic E-state index is 11.4. The van der Waals surface area contributed by atoms with Crippen molar-refractivity contribution in [2.24, 2.45) is 0 Å². The Morgan fingerprint density at radius 1 is 0.656 bits per heavy atom. The molecule has 2 aromatic carbocycles. The van der Waals surface area contributed by atoms with E-state index >= 15 is 0 Å². The normalized spacial score (nSPS) is 11.0. The summed E-state index contributed by atoms with van der Waals surface area (Å²) in [4.78, 5) is 52.2. The van der Waals surface area contributed by atoms with Crippen molar-refractivity contribution in [3.8, 4) is 11.5 Å². The number of esters is 2. The largest absolute Gasteiger partial charge is 0.425 e. The highest BCUT2D eigenvalue weighted by atomic mass is 16.5. The monoisotopic (exact) mass is 444 g/mol. The molecule has 172 valence electrons. The molecule has 0 aliphatic rings. The average Bonchev–Trinajstić information content (AvgIpc) is 2.76. The fraction of sp³-hybridized carbons (Fsp3) is 0.261. The molecule has 2 rings (SSSR count). The summed E-state index contributed by atoms with van der Waals surface area (Å²) in [6, 6.07) is 16.2. The SMILES string of the molecule is C=O.CC(=O)N[C@@H](C)C(=O)Oc1ccccc1.CC(=O)N[C@@H](C)C(=O)Oc1ccccc1. The van der Waals surface area contributed by atoms with Crippen molar-refractivity contribution in [3.05, 3.63) is 60.7 Å². The summed E-state index contributed by atoms with van der Waals surface area (Å²) in [5.41, 5.74) is 0. The third-order valence-electron chi connectivity index (χ3n) is 3.47. The molecule has 0 saturated heterocycles. The molecule has 2 amide bonds. The minimum atomic E-state index is -0.636. The van der Waals surface area contributed by atoms with Crippen LogP contribution in [-0.2, 0) is 24.0 Å². The topological polar surface area (TPSA) is 128 Å². The second kappa shape index (κ2) is 15.8. The van der Waals surface area contributed by atoms with E-state index in [1.54, 1.807) is 62.4 Å². The first kappa shape index (κ1) is 28.0. The van der Waals surface area contributed by atoms with Crippen LogP contribution >= 0.6 is 0 Å². The Kier molecular flexibility index (Phi) is 13.8. The molecule has 0 bridgehead atoms. The van der Waals surface area contributed by atoms with Crippen LogP contribution in [0.25, 0.3) is 0 Å². The van der Waals surface area contributed by atoms with Gasteiger partial charge in [-0.25, -0.2) is 9.59 Å². The lowest BCUT2D eigenvalue weighted by atomic mass is 10.3. The van der Waals surface area contributed by atoms with Crippen LogP contribution in [0.5, 0.6) is 11.5 Å². The molecule has 2 atom stereocenters. The molecule has 9 nitrogen and oxygen atoms in total. The zero-order valence-corrected chi connectivity index (χ0v) is 18.5. The van der Waals surface area contributed by atoms with Crippen LogP contribution < -0.4 is 20.1 Å². The van der Waals surface area contributed by atoms with Crippen LogP contribution in [0.3, 0.4) is 0 Å². The zero-order chi connectivity index (χ0) is 24.5. The number of hydrogen-bond acceptors (Lipinski definition) is 7. The van der Waals surface area contributed by atoms with Crippen molar-refractivity contribution in [1.82, 2.24) is 10.6 Å². The summed E-state index contributed by atoms with van der Waals surface area (Å²) in [5.74, 6) is -0.521. The van der Waals surface area contributed by atoms with E-state index in [-0.39, 0.29) is 11.8 Å². The molecular formula is C23H28N2O7. The summed E-state index contributed by atoms with van der Waals surface area (Å²) in [5, 5.41) is 4.90. The molecule has 0 aliphatic carbocycles. The van der Waals surface area contributed by atoms with Crippen LogP contribution in [0, 0.1) is 0 Å². The van der Waals surface area contributed by atoms with E-state index in [1.165, 1.54) is 13.8 Å². The summed E-state index contributed by atoms with van der Waals surface area (Å²) >= 11 is 0. The average molecular weight is 444 g/mol. The quantitative estimate of drug-likeness (QED) is 0.515. The van der Waals surface area contributed by atoms with Gasteiger partial charge in [0.1, 0.15) is 30.4 Å². The first-order chi connectivity index (χ1) is 15.2. The summed E-state index contributed by atoms with van der Waals surface area (Å²) in [6.07, 6.45) is 0. The summed E-state index contributed by atoms with van der Waals surface area (Å²) < 4.78 is 10.0. The molecule has 32 heavy (non-hydrogen) atoms. The van der Waals surface area contributed by atoms with Crippen LogP contribution in [0.1, 0.15) is 27.7 Å². The highest BCUT2D eigenvalue weighted by Gasteiger charge is 2.16. The Hall–Kier alpha value is -4.01. The first-order valence-corrected chi connectivity index (χ1v) is 9.55. The second-order valence-corrected chi connectivity index (χ2v) is 6.31. The maximum Gasteiger partial charge on any atom is 0.333 e. The molecule has 0 unspecified atom stereocenters. The molecular weight excluding hydrogens is 416 g/mol. The Bertz CT molecular complexity index is 786. The third kappa shape index (κ3) is 12.5. The lowest BCUT2D eigenvalue weighted by Gasteiger charge is -2.11. The first-order valence-electron chi connectivity index (χ1n) is 9.55. The molecule has 0 fully saturated rings. The van der Waals surface area contributed by atoms with Gasteiger partial charge in [0.25, 0.3) is 0 Å². The number of benzene rings is 2. The predicted octanol–water partition coefficient (Wildman–Crippen LogP) is 2.05. The predicted molar refractivity (Wildman–Crippen MR) is 118 cm³/mol. The highest BCUT2D eigenvalue weighted by molar-refractivity contribution is 5.84. The van der Waals surface area contributed by atoms with Gasteiger partial charge in [0, 0.05) is 13.8 Å². The van der Waals surface area contributed by atoms with Crippen molar-refractivity contribution in [3.63, 3.8) is 0 Å².